The van der Waals surface area contributed by atoms with Crippen LogP contribution >= 0.6 is 0 Å². The predicted molar refractivity (Wildman–Crippen MR) is 151 cm³/mol. The highest BCUT2D eigenvalue weighted by molar-refractivity contribution is 6.00. The molecule has 0 spiro atoms. The predicted octanol–water partition coefficient (Wildman–Crippen LogP) is 5.52. The summed E-state index contributed by atoms with van der Waals surface area (Å²) in [6.45, 7) is 7.60. The van der Waals surface area contributed by atoms with Gasteiger partial charge in [0.25, 0.3) is 0 Å². The Hall–Kier alpha value is -4.24. The molecular weight excluding hydrogens is 480 g/mol. The summed E-state index contributed by atoms with van der Waals surface area (Å²) >= 11 is 0. The number of hydrogen-bond acceptors (Lipinski definition) is 5. The fourth-order valence-corrected chi connectivity index (χ4v) is 4.17. The average molecular weight is 515 g/mol. The molecule has 2 heterocycles. The number of nitrogens with zero attached hydrogens (tertiary/aromatic N) is 4. The first-order chi connectivity index (χ1) is 18.0. The van der Waals surface area contributed by atoms with Crippen molar-refractivity contribution in [3.05, 3.63) is 67.0 Å². The Labute approximate surface area is 222 Å². The molecule has 0 aliphatic carbocycles. The van der Waals surface area contributed by atoms with Crippen molar-refractivity contribution in [3.8, 4) is 11.1 Å². The van der Waals surface area contributed by atoms with Crippen LogP contribution in [0.3, 0.4) is 0 Å². The lowest BCUT2D eigenvalue weighted by atomic mass is 10.1. The molecule has 0 fully saturated rings. The van der Waals surface area contributed by atoms with E-state index in [0.29, 0.717) is 23.3 Å². The van der Waals surface area contributed by atoms with Crippen molar-refractivity contribution in [1.29, 1.82) is 0 Å². The molecule has 3 N–H and O–H groups in total. The van der Waals surface area contributed by atoms with Crippen molar-refractivity contribution >= 4 is 40.3 Å². The van der Waals surface area contributed by atoms with Gasteiger partial charge in [0.15, 0.2) is 0 Å². The lowest BCUT2D eigenvalue weighted by molar-refractivity contribution is -0.119. The van der Waals surface area contributed by atoms with Crippen molar-refractivity contribution in [2.24, 2.45) is 5.92 Å². The summed E-state index contributed by atoms with van der Waals surface area (Å²) in [6, 6.07) is 16.3. The van der Waals surface area contributed by atoms with Crippen LogP contribution in [0, 0.1) is 5.92 Å². The fourth-order valence-electron chi connectivity index (χ4n) is 4.17. The first-order valence-corrected chi connectivity index (χ1v) is 12.6. The van der Waals surface area contributed by atoms with Gasteiger partial charge in [0.2, 0.25) is 11.9 Å². The molecule has 2 aromatic carbocycles. The van der Waals surface area contributed by atoms with Gasteiger partial charge >= 0.3 is 6.03 Å². The minimum atomic E-state index is -1.05. The van der Waals surface area contributed by atoms with Gasteiger partial charge in [-0.1, -0.05) is 32.0 Å². The zero-order valence-electron chi connectivity index (χ0n) is 22.4. The Morgan fingerprint density at radius 2 is 1.82 bits per heavy atom. The number of aromatic nitrogens is 3. The topological polar surface area (TPSA) is 112 Å². The van der Waals surface area contributed by atoms with Gasteiger partial charge in [0.1, 0.15) is 0 Å². The van der Waals surface area contributed by atoms with E-state index in [2.05, 4.69) is 20.6 Å². The number of urea groups is 1. The highest BCUT2D eigenvalue weighted by Crippen LogP contribution is 2.27. The van der Waals surface area contributed by atoms with Crippen molar-refractivity contribution in [3.63, 3.8) is 0 Å². The van der Waals surface area contributed by atoms with E-state index in [0.717, 1.165) is 16.6 Å². The molecule has 2 aromatic heterocycles. The molecule has 0 saturated heterocycles. The molecular formula is C29H34N6O3. The van der Waals surface area contributed by atoms with E-state index in [1.807, 2.05) is 62.4 Å². The summed E-state index contributed by atoms with van der Waals surface area (Å²) in [5.41, 5.74) is 3.46. The average Bonchev–Trinajstić information content (AvgIpc) is 3.18. The molecule has 0 saturated carbocycles. The zero-order valence-corrected chi connectivity index (χ0v) is 22.4. The maximum Gasteiger partial charge on any atom is 0.326 e. The second kappa shape index (κ2) is 11.0. The Kier molecular flexibility index (Phi) is 7.78. The summed E-state index contributed by atoms with van der Waals surface area (Å²) in [5.74, 6) is 0.553. The highest BCUT2D eigenvalue weighted by Gasteiger charge is 2.22. The summed E-state index contributed by atoms with van der Waals surface area (Å²) < 4.78 is 1.76. The van der Waals surface area contributed by atoms with E-state index in [9.17, 15) is 14.7 Å². The number of anilines is 3. The van der Waals surface area contributed by atoms with Crippen LogP contribution in [0.5, 0.6) is 0 Å². The maximum absolute atomic E-state index is 13.0. The minimum Gasteiger partial charge on any atom is -0.389 e. The number of imidazole rings is 1. The summed E-state index contributed by atoms with van der Waals surface area (Å²) in [6.07, 6.45) is 3.92. The van der Waals surface area contributed by atoms with Crippen LogP contribution in [0.25, 0.3) is 22.2 Å². The molecule has 9 heteroatoms. The Morgan fingerprint density at radius 3 is 2.50 bits per heavy atom. The quantitative estimate of drug-likeness (QED) is 0.287. The number of amides is 3. The molecule has 0 unspecified atom stereocenters. The zero-order chi connectivity index (χ0) is 27.4. The maximum atomic E-state index is 13.0. The number of pyridine rings is 1. The minimum absolute atomic E-state index is 0.0153. The summed E-state index contributed by atoms with van der Waals surface area (Å²) in [5, 5.41) is 16.2. The van der Waals surface area contributed by atoms with Gasteiger partial charge in [-0.2, -0.15) is 0 Å². The second-order valence-corrected chi connectivity index (χ2v) is 10.5. The van der Waals surface area contributed by atoms with Crippen LogP contribution in [-0.2, 0) is 11.3 Å². The van der Waals surface area contributed by atoms with E-state index < -0.39 is 11.6 Å². The Balaban J connectivity index is 1.60. The molecule has 0 bridgehead atoms. The number of rotatable bonds is 8. The smallest absolute Gasteiger partial charge is 0.326 e. The van der Waals surface area contributed by atoms with Crippen LogP contribution in [0.4, 0.5) is 22.1 Å². The number of carbonyl (C=O) groups excluding carboxylic acids is 2. The third-order valence-corrected chi connectivity index (χ3v) is 5.96. The molecule has 4 rings (SSSR count). The lowest BCUT2D eigenvalue weighted by Crippen LogP contribution is -2.29. The largest absolute Gasteiger partial charge is 0.389 e. The summed E-state index contributed by atoms with van der Waals surface area (Å²) in [4.78, 5) is 36.0. The second-order valence-electron chi connectivity index (χ2n) is 10.5. The van der Waals surface area contributed by atoms with Crippen molar-refractivity contribution in [2.75, 3.05) is 22.6 Å². The highest BCUT2D eigenvalue weighted by atomic mass is 16.3. The number of nitrogens with one attached hydrogen (secondary N) is 2. The van der Waals surface area contributed by atoms with Crippen LogP contribution in [0.2, 0.25) is 0 Å². The number of carbonyl (C=O) groups is 2. The monoisotopic (exact) mass is 514 g/mol. The molecule has 3 amide bonds. The normalized spacial score (nSPS) is 11.6. The van der Waals surface area contributed by atoms with E-state index in [1.54, 1.807) is 48.8 Å². The molecule has 0 radical (unpaired) electrons. The Morgan fingerprint density at radius 1 is 1.05 bits per heavy atom. The van der Waals surface area contributed by atoms with Gasteiger partial charge in [-0.25, -0.2) is 9.78 Å². The molecule has 0 aliphatic rings. The molecule has 0 atom stereocenters. The van der Waals surface area contributed by atoms with Gasteiger partial charge in [-0.3, -0.25) is 15.1 Å². The number of fused-ring (bicyclic) bond motifs is 1. The van der Waals surface area contributed by atoms with E-state index >= 15 is 0 Å². The third kappa shape index (κ3) is 6.54. The van der Waals surface area contributed by atoms with Crippen molar-refractivity contribution in [2.45, 2.75) is 46.3 Å². The summed E-state index contributed by atoms with van der Waals surface area (Å²) in [7, 11) is 1.74. The van der Waals surface area contributed by atoms with Crippen molar-refractivity contribution < 1.29 is 14.7 Å². The SMILES string of the molecule is CC(C)CC(=O)N(C)c1ccc2c(c1)nc(NC(=O)Nc1cccc(-c3cccnc3)c1)n2CC(C)(C)O. The van der Waals surface area contributed by atoms with E-state index in [1.165, 1.54) is 0 Å². The van der Waals surface area contributed by atoms with E-state index in [4.69, 9.17) is 0 Å². The van der Waals surface area contributed by atoms with Crippen LogP contribution in [-0.4, -0.2) is 44.2 Å². The number of aliphatic hydroxyl groups is 1. The first kappa shape index (κ1) is 26.8. The Bertz CT molecular complexity index is 1440. The van der Waals surface area contributed by atoms with Gasteiger partial charge in [0, 0.05) is 42.8 Å². The third-order valence-electron chi connectivity index (χ3n) is 5.96. The lowest BCUT2D eigenvalue weighted by Gasteiger charge is -2.21. The van der Waals surface area contributed by atoms with Crippen LogP contribution in [0.1, 0.15) is 34.1 Å². The van der Waals surface area contributed by atoms with Gasteiger partial charge < -0.3 is 19.9 Å². The number of benzene rings is 2. The van der Waals surface area contributed by atoms with E-state index in [-0.39, 0.29) is 24.3 Å². The van der Waals surface area contributed by atoms with Crippen LogP contribution < -0.4 is 15.5 Å². The molecule has 4 aromatic rings. The first-order valence-electron chi connectivity index (χ1n) is 12.6. The standard InChI is InChI=1S/C29H34N6O3/c1-19(2)14-26(36)34(5)23-11-12-25-24(16-23)32-27(35(25)18-29(3,4)38)33-28(37)31-22-10-6-8-20(15-22)21-9-7-13-30-17-21/h6-13,15-17,19,38H,14,18H2,1-5H3,(H2,31,32,33,37). The fraction of sp³-hybridized carbons (Fsp3) is 0.310. The molecule has 0 aliphatic heterocycles. The van der Waals surface area contributed by atoms with Gasteiger partial charge in [0.05, 0.1) is 23.2 Å². The van der Waals surface area contributed by atoms with Gasteiger partial charge in [-0.05, 0) is 61.7 Å². The molecule has 38 heavy (non-hydrogen) atoms. The van der Waals surface area contributed by atoms with Gasteiger partial charge in [-0.15, -0.1) is 0 Å². The van der Waals surface area contributed by atoms with Crippen LogP contribution in [0.15, 0.2) is 67.0 Å². The molecule has 9 nitrogen and oxygen atoms in total. The van der Waals surface area contributed by atoms with Crippen molar-refractivity contribution in [1.82, 2.24) is 14.5 Å². The number of hydrogen-bond donors (Lipinski definition) is 3. The molecule has 198 valence electrons.